The van der Waals surface area contributed by atoms with Crippen LogP contribution < -0.4 is 0 Å². The van der Waals surface area contributed by atoms with Gasteiger partial charge in [-0.05, 0) is 19.3 Å². The largest absolute Gasteiger partial charge is 0.466 e. The summed E-state index contributed by atoms with van der Waals surface area (Å²) >= 11 is 0. The lowest BCUT2D eigenvalue weighted by Gasteiger charge is -2.11. The molecule has 42 heavy (non-hydrogen) atoms. The van der Waals surface area contributed by atoms with Gasteiger partial charge in [-0.25, -0.2) is 0 Å². The van der Waals surface area contributed by atoms with E-state index in [9.17, 15) is 9.59 Å². The van der Waals surface area contributed by atoms with Gasteiger partial charge in [-0.15, -0.1) is 0 Å². The van der Waals surface area contributed by atoms with Gasteiger partial charge < -0.3 is 9.47 Å². The van der Waals surface area contributed by atoms with Crippen molar-refractivity contribution in [2.75, 3.05) is 13.2 Å². The molecular formula is C38H74O4. The predicted octanol–water partition coefficient (Wildman–Crippen LogP) is 12.5. The van der Waals surface area contributed by atoms with E-state index in [0.29, 0.717) is 26.1 Å². The molecular weight excluding hydrogens is 520 g/mol. The monoisotopic (exact) mass is 595 g/mol. The Hall–Kier alpha value is -1.06. The van der Waals surface area contributed by atoms with Crippen molar-refractivity contribution in [1.29, 1.82) is 0 Å². The first-order valence-electron chi connectivity index (χ1n) is 18.9. The second-order valence-electron chi connectivity index (χ2n) is 13.0. The molecule has 0 fully saturated rings. The highest BCUT2D eigenvalue weighted by molar-refractivity contribution is 5.74. The number of hydrogen-bond donors (Lipinski definition) is 0. The van der Waals surface area contributed by atoms with Crippen LogP contribution in [-0.2, 0) is 19.1 Å². The van der Waals surface area contributed by atoms with Crippen molar-refractivity contribution in [2.45, 2.75) is 213 Å². The van der Waals surface area contributed by atoms with Gasteiger partial charge in [0.1, 0.15) is 0 Å². The van der Waals surface area contributed by atoms with Crippen LogP contribution >= 0.6 is 0 Å². The Bertz CT molecular complexity index is 561. The zero-order valence-electron chi connectivity index (χ0n) is 28.8. The van der Waals surface area contributed by atoms with Crippen molar-refractivity contribution >= 4 is 11.9 Å². The topological polar surface area (TPSA) is 52.6 Å². The first-order valence-corrected chi connectivity index (χ1v) is 18.9. The van der Waals surface area contributed by atoms with Gasteiger partial charge in [0.05, 0.1) is 19.1 Å². The summed E-state index contributed by atoms with van der Waals surface area (Å²) in [6.07, 6.45) is 37.8. The van der Waals surface area contributed by atoms with E-state index in [4.69, 9.17) is 9.47 Å². The third kappa shape index (κ3) is 31.9. The summed E-state index contributed by atoms with van der Waals surface area (Å²) in [7, 11) is 0. The molecule has 1 atom stereocenters. The number of carbonyl (C=O) groups excluding carboxylic acids is 2. The normalized spacial score (nSPS) is 12.0. The number of carbonyl (C=O) groups is 2. The number of esters is 2. The molecule has 0 spiro atoms. The lowest BCUT2D eigenvalue weighted by molar-refractivity contribution is -0.149. The van der Waals surface area contributed by atoms with E-state index in [1.807, 2.05) is 6.92 Å². The van der Waals surface area contributed by atoms with Gasteiger partial charge in [-0.2, -0.15) is 0 Å². The molecule has 0 N–H and O–H groups in total. The first-order chi connectivity index (χ1) is 20.6. The summed E-state index contributed by atoms with van der Waals surface area (Å²) in [6, 6.07) is 0. The summed E-state index contributed by atoms with van der Waals surface area (Å²) in [6.45, 7) is 7.42. The Morgan fingerprint density at radius 1 is 0.429 bits per heavy atom. The predicted molar refractivity (Wildman–Crippen MR) is 181 cm³/mol. The zero-order chi connectivity index (χ0) is 30.8. The Morgan fingerprint density at radius 3 is 1.05 bits per heavy atom. The number of ether oxygens (including phenoxy) is 2. The number of rotatable bonds is 34. The van der Waals surface area contributed by atoms with Gasteiger partial charge in [0.25, 0.3) is 0 Å². The van der Waals surface area contributed by atoms with Crippen molar-refractivity contribution < 1.29 is 19.1 Å². The summed E-state index contributed by atoms with van der Waals surface area (Å²) in [5.74, 6) is -0.606. The van der Waals surface area contributed by atoms with Crippen LogP contribution in [0.2, 0.25) is 0 Å². The molecule has 0 aliphatic heterocycles. The van der Waals surface area contributed by atoms with Crippen molar-refractivity contribution in [3.63, 3.8) is 0 Å². The molecule has 0 saturated heterocycles. The van der Waals surface area contributed by atoms with Gasteiger partial charge in [-0.3, -0.25) is 9.59 Å². The molecule has 0 radical (unpaired) electrons. The molecule has 1 unspecified atom stereocenters. The summed E-state index contributed by atoms with van der Waals surface area (Å²) in [5.41, 5.74) is 0. The zero-order valence-corrected chi connectivity index (χ0v) is 28.8. The molecule has 0 rings (SSSR count). The number of unbranched alkanes of at least 4 members (excludes halogenated alkanes) is 26. The van der Waals surface area contributed by atoms with E-state index >= 15 is 0 Å². The summed E-state index contributed by atoms with van der Waals surface area (Å²) in [4.78, 5) is 24.3. The molecule has 0 heterocycles. The van der Waals surface area contributed by atoms with Crippen LogP contribution in [0.5, 0.6) is 0 Å². The molecule has 250 valence electrons. The SMILES string of the molecule is CCCCCCCCCCCCCCCCOC(=O)CCC(C)C(=O)OCCCCCCCCCCCCCCCC. The summed E-state index contributed by atoms with van der Waals surface area (Å²) < 4.78 is 10.8. The second-order valence-corrected chi connectivity index (χ2v) is 13.0. The fraction of sp³-hybridized carbons (Fsp3) is 0.947. The van der Waals surface area contributed by atoms with Crippen molar-refractivity contribution in [3.05, 3.63) is 0 Å². The maximum atomic E-state index is 12.2. The Morgan fingerprint density at radius 2 is 0.714 bits per heavy atom. The van der Waals surface area contributed by atoms with Gasteiger partial charge in [0, 0.05) is 6.42 Å². The smallest absolute Gasteiger partial charge is 0.308 e. The molecule has 0 aromatic carbocycles. The highest BCUT2D eigenvalue weighted by Gasteiger charge is 2.16. The third-order valence-corrected chi connectivity index (χ3v) is 8.69. The van der Waals surface area contributed by atoms with Crippen molar-refractivity contribution in [2.24, 2.45) is 5.92 Å². The van der Waals surface area contributed by atoms with Crippen LogP contribution in [0, 0.1) is 5.92 Å². The molecule has 0 aromatic rings. The van der Waals surface area contributed by atoms with Gasteiger partial charge in [0.15, 0.2) is 0 Å². The Balaban J connectivity index is 3.39. The van der Waals surface area contributed by atoms with Crippen molar-refractivity contribution in [3.8, 4) is 0 Å². The van der Waals surface area contributed by atoms with E-state index in [1.54, 1.807) is 0 Å². The molecule has 0 aliphatic carbocycles. The van der Waals surface area contributed by atoms with Crippen LogP contribution in [-0.4, -0.2) is 25.2 Å². The minimum atomic E-state index is -0.245. The van der Waals surface area contributed by atoms with Crippen molar-refractivity contribution in [1.82, 2.24) is 0 Å². The third-order valence-electron chi connectivity index (χ3n) is 8.69. The lowest BCUT2D eigenvalue weighted by atomic mass is 10.0. The van der Waals surface area contributed by atoms with Crippen LogP contribution in [0.4, 0.5) is 0 Å². The fourth-order valence-corrected chi connectivity index (χ4v) is 5.62. The second kappa shape index (κ2) is 34.4. The highest BCUT2D eigenvalue weighted by atomic mass is 16.5. The maximum Gasteiger partial charge on any atom is 0.308 e. The van der Waals surface area contributed by atoms with E-state index < -0.39 is 0 Å². The molecule has 0 saturated carbocycles. The Labute approximate surface area is 263 Å². The fourth-order valence-electron chi connectivity index (χ4n) is 5.62. The maximum absolute atomic E-state index is 12.2. The van der Waals surface area contributed by atoms with Crippen LogP contribution in [0.25, 0.3) is 0 Å². The molecule has 0 bridgehead atoms. The summed E-state index contributed by atoms with van der Waals surface area (Å²) in [5, 5.41) is 0. The number of hydrogen-bond acceptors (Lipinski definition) is 4. The lowest BCUT2D eigenvalue weighted by Crippen LogP contribution is -2.17. The standard InChI is InChI=1S/C38H74O4/c1-4-6-8-10-12-14-16-18-20-22-24-26-28-30-34-41-37(39)33-32-36(3)38(40)42-35-31-29-27-25-23-21-19-17-15-13-11-9-7-5-2/h36H,4-35H2,1-3H3. The van der Waals surface area contributed by atoms with Crippen LogP contribution in [0.3, 0.4) is 0 Å². The average molecular weight is 595 g/mol. The Kier molecular flexibility index (Phi) is 33.6. The average Bonchev–Trinajstić information content (AvgIpc) is 2.99. The molecule has 4 nitrogen and oxygen atoms in total. The minimum absolute atomic E-state index is 0.176. The minimum Gasteiger partial charge on any atom is -0.466 e. The molecule has 4 heteroatoms. The van der Waals surface area contributed by atoms with E-state index in [-0.39, 0.29) is 17.9 Å². The van der Waals surface area contributed by atoms with E-state index in [1.165, 1.54) is 154 Å². The first kappa shape index (κ1) is 40.9. The van der Waals surface area contributed by atoms with Gasteiger partial charge in [-0.1, -0.05) is 188 Å². The molecule has 0 amide bonds. The highest BCUT2D eigenvalue weighted by Crippen LogP contribution is 2.15. The van der Waals surface area contributed by atoms with E-state index in [0.717, 1.165) is 25.7 Å². The molecule has 0 aromatic heterocycles. The van der Waals surface area contributed by atoms with Gasteiger partial charge in [0.2, 0.25) is 0 Å². The quantitative estimate of drug-likeness (QED) is 0.0549. The van der Waals surface area contributed by atoms with E-state index in [2.05, 4.69) is 13.8 Å². The van der Waals surface area contributed by atoms with Crippen LogP contribution in [0.15, 0.2) is 0 Å². The molecule has 0 aliphatic rings. The van der Waals surface area contributed by atoms with Gasteiger partial charge >= 0.3 is 11.9 Å². The van der Waals surface area contributed by atoms with Crippen LogP contribution in [0.1, 0.15) is 213 Å².